The van der Waals surface area contributed by atoms with E-state index in [1.165, 1.54) is 4.57 Å². The second kappa shape index (κ2) is 5.51. The van der Waals surface area contributed by atoms with Gasteiger partial charge in [0.05, 0.1) is 30.8 Å². The molecule has 124 valence electrons. The van der Waals surface area contributed by atoms with Crippen molar-refractivity contribution in [2.24, 2.45) is 0 Å². The fraction of sp³-hybridized carbons (Fsp3) is 0.278. The van der Waals surface area contributed by atoms with Gasteiger partial charge in [-0.1, -0.05) is 17.7 Å². The Labute approximate surface area is 138 Å². The molecule has 6 nitrogen and oxygen atoms in total. The number of ether oxygens (including phenoxy) is 2. The molecule has 1 aromatic heterocycles. The van der Waals surface area contributed by atoms with E-state index in [1.54, 1.807) is 6.07 Å². The number of fused-ring (bicyclic) bond motifs is 1. The molecule has 3 aromatic rings. The Morgan fingerprint density at radius 2 is 1.92 bits per heavy atom. The highest BCUT2D eigenvalue weighted by molar-refractivity contribution is 5.77. The Kier molecular flexibility index (Phi) is 3.44. The zero-order valence-corrected chi connectivity index (χ0v) is 13.3. The number of aromatic nitrogens is 2. The third-order valence-corrected chi connectivity index (χ3v) is 4.20. The van der Waals surface area contributed by atoms with Gasteiger partial charge in [0.25, 0.3) is 0 Å². The standard InChI is InChI=1S/C18H18N2O4/c1-12-2-4-13(5-3-12)24-14-6-7-16-15(8-14)19-17(21)20(16)9-18(22)10-23-11-18/h2-8,22H,9-11H2,1H3,(H,19,21). The molecule has 4 rings (SSSR count). The summed E-state index contributed by atoms with van der Waals surface area (Å²) in [7, 11) is 0. The van der Waals surface area contributed by atoms with Gasteiger partial charge in [-0.15, -0.1) is 0 Å². The molecule has 1 saturated heterocycles. The van der Waals surface area contributed by atoms with Crippen LogP contribution in [-0.4, -0.2) is 33.5 Å². The average Bonchev–Trinajstić information content (AvgIpc) is 2.83. The van der Waals surface area contributed by atoms with Crippen LogP contribution < -0.4 is 10.4 Å². The number of rotatable bonds is 4. The summed E-state index contributed by atoms with van der Waals surface area (Å²) < 4.78 is 12.4. The summed E-state index contributed by atoms with van der Waals surface area (Å²) in [5.41, 5.74) is 1.36. The van der Waals surface area contributed by atoms with Crippen LogP contribution in [-0.2, 0) is 11.3 Å². The van der Waals surface area contributed by atoms with Crippen molar-refractivity contribution in [1.82, 2.24) is 9.55 Å². The van der Waals surface area contributed by atoms with Crippen molar-refractivity contribution in [2.45, 2.75) is 19.1 Å². The molecule has 0 aliphatic carbocycles. The monoisotopic (exact) mass is 326 g/mol. The minimum Gasteiger partial charge on any atom is -0.457 e. The predicted octanol–water partition coefficient (Wildman–Crippen LogP) is 2.19. The van der Waals surface area contributed by atoms with E-state index in [1.807, 2.05) is 43.3 Å². The van der Waals surface area contributed by atoms with Crippen LogP contribution >= 0.6 is 0 Å². The zero-order chi connectivity index (χ0) is 16.7. The van der Waals surface area contributed by atoms with Crippen molar-refractivity contribution >= 4 is 11.0 Å². The summed E-state index contributed by atoms with van der Waals surface area (Å²) in [5.74, 6) is 1.38. The number of benzene rings is 2. The first-order valence-electron chi connectivity index (χ1n) is 7.80. The maximum atomic E-state index is 12.2. The fourth-order valence-corrected chi connectivity index (χ4v) is 2.83. The van der Waals surface area contributed by atoms with Crippen LogP contribution in [0.3, 0.4) is 0 Å². The van der Waals surface area contributed by atoms with Crippen molar-refractivity contribution in [1.29, 1.82) is 0 Å². The third kappa shape index (κ3) is 2.70. The number of aryl methyl sites for hydroxylation is 1. The Morgan fingerprint density at radius 1 is 1.21 bits per heavy atom. The minimum absolute atomic E-state index is 0.212. The van der Waals surface area contributed by atoms with Gasteiger partial charge >= 0.3 is 5.69 Å². The molecule has 1 aliphatic heterocycles. The Hall–Kier alpha value is -2.57. The van der Waals surface area contributed by atoms with E-state index in [0.717, 1.165) is 16.8 Å². The predicted molar refractivity (Wildman–Crippen MR) is 89.6 cm³/mol. The number of nitrogens with zero attached hydrogens (tertiary/aromatic N) is 1. The fourth-order valence-electron chi connectivity index (χ4n) is 2.83. The van der Waals surface area contributed by atoms with Crippen molar-refractivity contribution < 1.29 is 14.6 Å². The minimum atomic E-state index is -0.962. The zero-order valence-electron chi connectivity index (χ0n) is 13.3. The van der Waals surface area contributed by atoms with Gasteiger partial charge in [-0.25, -0.2) is 4.79 Å². The molecular weight excluding hydrogens is 308 g/mol. The van der Waals surface area contributed by atoms with Gasteiger partial charge in [0.15, 0.2) is 0 Å². The molecule has 2 heterocycles. The summed E-state index contributed by atoms with van der Waals surface area (Å²) in [6, 6.07) is 13.2. The topological polar surface area (TPSA) is 76.5 Å². The van der Waals surface area contributed by atoms with Crippen LogP contribution in [0.15, 0.2) is 47.3 Å². The molecule has 0 spiro atoms. The SMILES string of the molecule is Cc1ccc(Oc2ccc3c(c2)[nH]c(=O)n3CC2(O)COC2)cc1. The van der Waals surface area contributed by atoms with Crippen LogP contribution in [0.4, 0.5) is 0 Å². The molecule has 0 bridgehead atoms. The first-order valence-corrected chi connectivity index (χ1v) is 7.80. The van der Waals surface area contributed by atoms with E-state index in [9.17, 15) is 9.90 Å². The van der Waals surface area contributed by atoms with Crippen LogP contribution in [0, 0.1) is 6.92 Å². The lowest BCUT2D eigenvalue weighted by atomic mass is 10.0. The lowest BCUT2D eigenvalue weighted by molar-refractivity contribution is -0.184. The van der Waals surface area contributed by atoms with Crippen LogP contribution in [0.25, 0.3) is 11.0 Å². The van der Waals surface area contributed by atoms with Gasteiger partial charge in [0.2, 0.25) is 0 Å². The molecule has 1 aliphatic rings. The summed E-state index contributed by atoms with van der Waals surface area (Å²) in [4.78, 5) is 15.0. The lowest BCUT2D eigenvalue weighted by Gasteiger charge is -2.36. The smallest absolute Gasteiger partial charge is 0.326 e. The van der Waals surface area contributed by atoms with Gasteiger partial charge in [-0.2, -0.15) is 0 Å². The first kappa shape index (κ1) is 15.0. The summed E-state index contributed by atoms with van der Waals surface area (Å²) in [6.07, 6.45) is 0. The Morgan fingerprint density at radius 3 is 2.58 bits per heavy atom. The van der Waals surface area contributed by atoms with Crippen molar-refractivity contribution in [3.8, 4) is 11.5 Å². The van der Waals surface area contributed by atoms with Gasteiger partial charge in [0.1, 0.15) is 17.1 Å². The number of aromatic amines is 1. The van der Waals surface area contributed by atoms with Gasteiger partial charge in [-0.05, 0) is 31.2 Å². The van der Waals surface area contributed by atoms with E-state index >= 15 is 0 Å². The summed E-state index contributed by atoms with van der Waals surface area (Å²) in [5, 5.41) is 10.2. The van der Waals surface area contributed by atoms with Crippen LogP contribution in [0.1, 0.15) is 5.56 Å². The van der Waals surface area contributed by atoms with E-state index in [-0.39, 0.29) is 25.4 Å². The van der Waals surface area contributed by atoms with Gasteiger partial charge in [-0.3, -0.25) is 4.57 Å². The number of hydrogen-bond donors (Lipinski definition) is 2. The molecule has 2 aromatic carbocycles. The number of imidazole rings is 1. The Balaban J connectivity index is 1.64. The summed E-state index contributed by atoms with van der Waals surface area (Å²) >= 11 is 0. The highest BCUT2D eigenvalue weighted by Crippen LogP contribution is 2.26. The highest BCUT2D eigenvalue weighted by Gasteiger charge is 2.37. The molecule has 6 heteroatoms. The second-order valence-electron chi connectivity index (χ2n) is 6.33. The molecule has 0 amide bonds. The summed E-state index contributed by atoms with van der Waals surface area (Å²) in [6.45, 7) is 2.73. The maximum absolute atomic E-state index is 12.2. The Bertz CT molecular complexity index is 936. The number of aliphatic hydroxyl groups is 1. The first-order chi connectivity index (χ1) is 11.5. The average molecular weight is 326 g/mol. The molecule has 0 unspecified atom stereocenters. The molecule has 1 fully saturated rings. The van der Waals surface area contributed by atoms with Crippen LogP contribution in [0.2, 0.25) is 0 Å². The number of hydrogen-bond acceptors (Lipinski definition) is 4. The van der Waals surface area contributed by atoms with Crippen LogP contribution in [0.5, 0.6) is 11.5 Å². The molecule has 0 atom stereocenters. The quantitative estimate of drug-likeness (QED) is 0.770. The normalized spacial score (nSPS) is 16.1. The maximum Gasteiger partial charge on any atom is 0.326 e. The lowest BCUT2D eigenvalue weighted by Crippen LogP contribution is -2.53. The van der Waals surface area contributed by atoms with Crippen molar-refractivity contribution in [3.63, 3.8) is 0 Å². The number of nitrogens with one attached hydrogen (secondary N) is 1. The van der Waals surface area contributed by atoms with Crippen molar-refractivity contribution in [3.05, 3.63) is 58.5 Å². The molecular formula is C18H18N2O4. The van der Waals surface area contributed by atoms with Crippen molar-refractivity contribution in [2.75, 3.05) is 13.2 Å². The molecule has 24 heavy (non-hydrogen) atoms. The molecule has 0 saturated carbocycles. The largest absolute Gasteiger partial charge is 0.457 e. The van der Waals surface area contributed by atoms with E-state index in [2.05, 4.69) is 4.98 Å². The van der Waals surface area contributed by atoms with Gasteiger partial charge in [0, 0.05) is 6.07 Å². The van der Waals surface area contributed by atoms with Gasteiger partial charge < -0.3 is 19.6 Å². The third-order valence-electron chi connectivity index (χ3n) is 4.20. The molecule has 0 radical (unpaired) electrons. The molecule has 2 N–H and O–H groups in total. The van der Waals surface area contributed by atoms with E-state index in [0.29, 0.717) is 11.3 Å². The van der Waals surface area contributed by atoms with E-state index in [4.69, 9.17) is 9.47 Å². The van der Waals surface area contributed by atoms with E-state index < -0.39 is 5.60 Å². The highest BCUT2D eigenvalue weighted by atomic mass is 16.5. The number of H-pyrrole nitrogens is 1. The second-order valence-corrected chi connectivity index (χ2v) is 6.33.